The molecule has 1 aliphatic heterocycles. The van der Waals surface area contributed by atoms with Gasteiger partial charge in [0.15, 0.2) is 0 Å². The summed E-state index contributed by atoms with van der Waals surface area (Å²) in [5.74, 6) is -1.10. The molecule has 0 unspecified atom stereocenters. The highest BCUT2D eigenvalue weighted by atomic mass is 32.2. The van der Waals surface area contributed by atoms with Crippen LogP contribution in [0.1, 0.15) is 28.8 Å². The monoisotopic (exact) mass is 462 g/mol. The van der Waals surface area contributed by atoms with Crippen LogP contribution in [0.5, 0.6) is 0 Å². The van der Waals surface area contributed by atoms with Gasteiger partial charge in [0.2, 0.25) is 21.8 Å². The Hall–Kier alpha value is -3.18. The summed E-state index contributed by atoms with van der Waals surface area (Å²) >= 11 is 0. The Morgan fingerprint density at radius 2 is 1.72 bits per heavy atom. The summed E-state index contributed by atoms with van der Waals surface area (Å²) in [5.41, 5.74) is 1.41. The molecule has 0 saturated carbocycles. The summed E-state index contributed by atoms with van der Waals surface area (Å²) in [4.78, 5) is 38.1. The average molecular weight is 463 g/mol. The second-order valence-corrected chi connectivity index (χ2v) is 9.33. The largest absolute Gasteiger partial charge is 0.472 e. The van der Waals surface area contributed by atoms with E-state index in [0.29, 0.717) is 31.5 Å². The minimum absolute atomic E-state index is 0.0613. The predicted molar refractivity (Wildman–Crippen MR) is 115 cm³/mol. The maximum absolute atomic E-state index is 12.3. The molecule has 0 aliphatic carbocycles. The molecule has 172 valence electrons. The molecule has 11 heteroatoms. The number of hydrogen-bond donors (Lipinski definition) is 3. The number of hydrogen-bond acceptors (Lipinski definition) is 6. The first-order chi connectivity index (χ1) is 15.2. The molecule has 1 aromatic carbocycles. The second kappa shape index (κ2) is 10.4. The fourth-order valence-corrected chi connectivity index (χ4v) is 4.26. The van der Waals surface area contributed by atoms with Crippen molar-refractivity contribution in [2.75, 3.05) is 26.2 Å². The third-order valence-electron chi connectivity index (χ3n) is 5.12. The van der Waals surface area contributed by atoms with Gasteiger partial charge < -0.3 is 20.0 Å². The molecule has 0 bridgehead atoms. The van der Waals surface area contributed by atoms with E-state index < -0.39 is 22.5 Å². The van der Waals surface area contributed by atoms with Crippen molar-refractivity contribution in [1.82, 2.24) is 20.3 Å². The van der Waals surface area contributed by atoms with E-state index in [1.807, 2.05) is 6.92 Å². The first kappa shape index (κ1) is 23.5. The third kappa shape index (κ3) is 6.41. The lowest BCUT2D eigenvalue weighted by Gasteiger charge is -2.32. The third-order valence-corrected chi connectivity index (χ3v) is 6.53. The molecule has 3 N–H and O–H groups in total. The highest BCUT2D eigenvalue weighted by Crippen LogP contribution is 2.14. The molecule has 2 heterocycles. The number of nitrogens with one attached hydrogen (secondary N) is 3. The number of likely N-dealkylation sites (tertiary alicyclic amines) is 1. The predicted octanol–water partition coefficient (Wildman–Crippen LogP) is 0.404. The topological polar surface area (TPSA) is 138 Å². The first-order valence-electron chi connectivity index (χ1n) is 10.2. The molecule has 0 radical (unpaired) electrons. The number of aryl methyl sites for hydroxylation is 1. The number of rotatable bonds is 8. The van der Waals surface area contributed by atoms with Crippen LogP contribution in [0.25, 0.3) is 0 Å². The van der Waals surface area contributed by atoms with E-state index in [2.05, 4.69) is 15.4 Å². The molecule has 2 aromatic rings. The van der Waals surface area contributed by atoms with Gasteiger partial charge in [-0.2, -0.15) is 0 Å². The van der Waals surface area contributed by atoms with Gasteiger partial charge in [-0.3, -0.25) is 14.4 Å². The van der Waals surface area contributed by atoms with Gasteiger partial charge in [-0.1, -0.05) is 17.7 Å². The van der Waals surface area contributed by atoms with Crippen molar-refractivity contribution in [3.63, 3.8) is 0 Å². The lowest BCUT2D eigenvalue weighted by atomic mass is 10.0. The van der Waals surface area contributed by atoms with Crippen LogP contribution >= 0.6 is 0 Å². The molecule has 1 aromatic heterocycles. The van der Waals surface area contributed by atoms with E-state index >= 15 is 0 Å². The molecular formula is C21H26N4O6S. The summed E-state index contributed by atoms with van der Waals surface area (Å²) in [5, 5.41) is 5.22. The molecule has 1 fully saturated rings. The van der Waals surface area contributed by atoms with Gasteiger partial charge in [0, 0.05) is 19.1 Å². The minimum atomic E-state index is -3.81. The van der Waals surface area contributed by atoms with Gasteiger partial charge in [0.25, 0.3) is 5.91 Å². The molecule has 0 atom stereocenters. The highest BCUT2D eigenvalue weighted by Gasteiger charge is 2.25. The Labute approximate surface area is 186 Å². The Morgan fingerprint density at radius 1 is 1.03 bits per heavy atom. The van der Waals surface area contributed by atoms with Gasteiger partial charge in [0.05, 0.1) is 29.8 Å². The highest BCUT2D eigenvalue weighted by molar-refractivity contribution is 7.89. The van der Waals surface area contributed by atoms with Gasteiger partial charge in [-0.25, -0.2) is 13.1 Å². The Morgan fingerprint density at radius 3 is 2.34 bits per heavy atom. The van der Waals surface area contributed by atoms with Gasteiger partial charge in [0.1, 0.15) is 6.26 Å². The Balaban J connectivity index is 1.35. The summed E-state index contributed by atoms with van der Waals surface area (Å²) in [6, 6.07) is 7.74. The van der Waals surface area contributed by atoms with E-state index in [1.54, 1.807) is 23.1 Å². The van der Waals surface area contributed by atoms with Crippen molar-refractivity contribution in [1.29, 1.82) is 0 Å². The minimum Gasteiger partial charge on any atom is -0.472 e. The number of carbonyl (C=O) groups excluding carboxylic acids is 3. The van der Waals surface area contributed by atoms with E-state index in [1.165, 1.54) is 24.7 Å². The summed E-state index contributed by atoms with van der Waals surface area (Å²) in [6.45, 7) is 2.11. The zero-order valence-corrected chi connectivity index (χ0v) is 18.5. The van der Waals surface area contributed by atoms with Crippen LogP contribution in [0.4, 0.5) is 0 Å². The van der Waals surface area contributed by atoms with Crippen LogP contribution in [0.2, 0.25) is 0 Å². The Bertz CT molecular complexity index is 1040. The number of carbonyl (C=O) groups is 3. The zero-order valence-electron chi connectivity index (χ0n) is 17.7. The standard InChI is InChI=1S/C21H26N4O6S/c1-15-2-4-18(5-3-15)32(29,30)23-13-19(26)22-12-20(27)24-17-6-9-25(10-7-17)21(28)16-8-11-31-14-16/h2-5,8,11,14,17,23H,6-7,9-10,12-13H2,1H3,(H,22,26)(H,24,27). The van der Waals surface area contributed by atoms with Gasteiger partial charge in [-0.15, -0.1) is 0 Å². The van der Waals surface area contributed by atoms with Crippen LogP contribution in [-0.2, 0) is 19.6 Å². The smallest absolute Gasteiger partial charge is 0.257 e. The van der Waals surface area contributed by atoms with Crippen molar-refractivity contribution in [3.8, 4) is 0 Å². The van der Waals surface area contributed by atoms with E-state index in [0.717, 1.165) is 5.56 Å². The van der Waals surface area contributed by atoms with Crippen LogP contribution in [-0.4, -0.2) is 63.3 Å². The van der Waals surface area contributed by atoms with Crippen LogP contribution < -0.4 is 15.4 Å². The molecule has 0 spiro atoms. The zero-order chi connectivity index (χ0) is 23.1. The quantitative estimate of drug-likeness (QED) is 0.519. The van der Waals surface area contributed by atoms with Crippen molar-refractivity contribution in [3.05, 3.63) is 54.0 Å². The molecule has 1 aliphatic rings. The molecule has 1 saturated heterocycles. The van der Waals surface area contributed by atoms with Crippen molar-refractivity contribution in [2.24, 2.45) is 0 Å². The number of benzene rings is 1. The number of sulfonamides is 1. The number of amides is 3. The van der Waals surface area contributed by atoms with Crippen LogP contribution in [0, 0.1) is 6.92 Å². The molecule has 32 heavy (non-hydrogen) atoms. The van der Waals surface area contributed by atoms with Crippen molar-refractivity contribution in [2.45, 2.75) is 30.7 Å². The van der Waals surface area contributed by atoms with Crippen molar-refractivity contribution >= 4 is 27.7 Å². The SMILES string of the molecule is Cc1ccc(S(=O)(=O)NCC(=O)NCC(=O)NC2CCN(C(=O)c3ccoc3)CC2)cc1. The Kier molecular flexibility index (Phi) is 7.65. The average Bonchev–Trinajstić information content (AvgIpc) is 3.32. The van der Waals surface area contributed by atoms with Crippen molar-refractivity contribution < 1.29 is 27.2 Å². The first-order valence-corrected chi connectivity index (χ1v) is 11.7. The molecular weight excluding hydrogens is 436 g/mol. The summed E-state index contributed by atoms with van der Waals surface area (Å²) < 4.78 is 31.5. The molecule has 10 nitrogen and oxygen atoms in total. The maximum atomic E-state index is 12.3. The second-order valence-electron chi connectivity index (χ2n) is 7.56. The number of furan rings is 1. The fourth-order valence-electron chi connectivity index (χ4n) is 3.28. The number of piperidine rings is 1. The van der Waals surface area contributed by atoms with Crippen LogP contribution in [0.3, 0.4) is 0 Å². The van der Waals surface area contributed by atoms with E-state index in [-0.39, 0.29) is 29.3 Å². The van der Waals surface area contributed by atoms with Gasteiger partial charge >= 0.3 is 0 Å². The van der Waals surface area contributed by atoms with E-state index in [4.69, 9.17) is 4.42 Å². The van der Waals surface area contributed by atoms with Crippen LogP contribution in [0.15, 0.2) is 52.2 Å². The fraction of sp³-hybridized carbons (Fsp3) is 0.381. The lowest BCUT2D eigenvalue weighted by molar-refractivity contribution is -0.126. The lowest BCUT2D eigenvalue weighted by Crippen LogP contribution is -2.49. The normalized spacial score (nSPS) is 14.7. The number of nitrogens with zero attached hydrogens (tertiary/aromatic N) is 1. The summed E-state index contributed by atoms with van der Waals surface area (Å²) in [7, 11) is -3.81. The molecule has 3 amide bonds. The van der Waals surface area contributed by atoms with Gasteiger partial charge in [-0.05, 0) is 38.0 Å². The maximum Gasteiger partial charge on any atom is 0.257 e. The summed E-state index contributed by atoms with van der Waals surface area (Å²) in [6.07, 6.45) is 4.04. The van der Waals surface area contributed by atoms with E-state index in [9.17, 15) is 22.8 Å². The molecule has 3 rings (SSSR count).